The second-order valence-corrected chi connectivity index (χ2v) is 7.61. The molecule has 2 aromatic heterocycles. The molecule has 5 nitrogen and oxygen atoms in total. The topological polar surface area (TPSA) is 76.6 Å². The molecule has 3 N–H and O–H groups in total. The Morgan fingerprint density at radius 3 is 2.43 bits per heavy atom. The van der Waals surface area contributed by atoms with Crippen molar-refractivity contribution in [3.05, 3.63) is 99.8 Å². The number of aryl methyl sites for hydroxylation is 2. The van der Waals surface area contributed by atoms with Crippen molar-refractivity contribution in [2.45, 2.75) is 13.8 Å². The van der Waals surface area contributed by atoms with E-state index in [9.17, 15) is 9.59 Å². The Kier molecular flexibility index (Phi) is 5.06. The van der Waals surface area contributed by atoms with Gasteiger partial charge < -0.3 is 15.5 Å². The number of rotatable bonds is 4. The van der Waals surface area contributed by atoms with Crippen molar-refractivity contribution < 1.29 is 9.59 Å². The number of halogens is 1. The fourth-order valence-electron chi connectivity index (χ4n) is 3.40. The number of nitrogen functional groups attached to an aromatic ring is 1. The van der Waals surface area contributed by atoms with Crippen molar-refractivity contribution in [3.8, 4) is 0 Å². The van der Waals surface area contributed by atoms with Gasteiger partial charge in [0, 0.05) is 22.5 Å². The van der Waals surface area contributed by atoms with Crippen molar-refractivity contribution in [1.82, 2.24) is 4.40 Å². The standard InChI is InChI=1S/C24H20ClN3O2/c1-14-6-9-16(10-7-14)23(29)22-21(26)20(19-5-3-4-12-28(19)22)24(30)27-17-11-8-15(2)18(25)13-17/h3-13H,26H2,1-2H3,(H,27,30). The molecule has 1 amide bonds. The first-order valence-corrected chi connectivity index (χ1v) is 9.82. The average Bonchev–Trinajstić information content (AvgIpc) is 3.02. The molecule has 0 saturated carbocycles. The summed E-state index contributed by atoms with van der Waals surface area (Å²) in [6.07, 6.45) is 1.73. The molecular formula is C24H20ClN3O2. The van der Waals surface area contributed by atoms with E-state index in [0.29, 0.717) is 21.8 Å². The van der Waals surface area contributed by atoms with Gasteiger partial charge in [0.15, 0.2) is 0 Å². The number of fused-ring (bicyclic) bond motifs is 1. The summed E-state index contributed by atoms with van der Waals surface area (Å²) in [5.41, 5.74) is 10.6. The number of nitrogens with one attached hydrogen (secondary N) is 1. The summed E-state index contributed by atoms with van der Waals surface area (Å²) in [6, 6.07) is 17.9. The zero-order valence-electron chi connectivity index (χ0n) is 16.6. The van der Waals surface area contributed by atoms with E-state index >= 15 is 0 Å². The molecule has 0 aliphatic carbocycles. The van der Waals surface area contributed by atoms with E-state index < -0.39 is 5.91 Å². The number of hydrogen-bond donors (Lipinski definition) is 2. The number of carbonyl (C=O) groups is 2. The third kappa shape index (κ3) is 3.44. The normalized spacial score (nSPS) is 10.9. The molecule has 4 aromatic rings. The number of pyridine rings is 1. The van der Waals surface area contributed by atoms with Crippen LogP contribution in [0.4, 0.5) is 11.4 Å². The highest BCUT2D eigenvalue weighted by atomic mass is 35.5. The number of amides is 1. The average molecular weight is 418 g/mol. The molecule has 0 fully saturated rings. The van der Waals surface area contributed by atoms with E-state index in [1.165, 1.54) is 0 Å². The van der Waals surface area contributed by atoms with Crippen LogP contribution in [0.2, 0.25) is 5.02 Å². The van der Waals surface area contributed by atoms with Gasteiger partial charge in [-0.25, -0.2) is 0 Å². The molecule has 2 aromatic carbocycles. The van der Waals surface area contributed by atoms with E-state index in [-0.39, 0.29) is 22.7 Å². The number of nitrogens with two attached hydrogens (primary N) is 1. The van der Waals surface area contributed by atoms with Crippen LogP contribution in [0.5, 0.6) is 0 Å². The van der Waals surface area contributed by atoms with Crippen LogP contribution in [0.1, 0.15) is 37.5 Å². The highest BCUT2D eigenvalue weighted by Crippen LogP contribution is 2.30. The van der Waals surface area contributed by atoms with Crippen molar-refractivity contribution in [1.29, 1.82) is 0 Å². The lowest BCUT2D eigenvalue weighted by atomic mass is 10.0. The minimum Gasteiger partial charge on any atom is -0.396 e. The van der Waals surface area contributed by atoms with Gasteiger partial charge >= 0.3 is 0 Å². The van der Waals surface area contributed by atoms with E-state index in [0.717, 1.165) is 11.1 Å². The van der Waals surface area contributed by atoms with E-state index in [2.05, 4.69) is 5.32 Å². The first-order valence-electron chi connectivity index (χ1n) is 9.44. The van der Waals surface area contributed by atoms with Crippen molar-refractivity contribution in [2.75, 3.05) is 11.1 Å². The van der Waals surface area contributed by atoms with Crippen LogP contribution in [0.15, 0.2) is 66.9 Å². The fourth-order valence-corrected chi connectivity index (χ4v) is 3.58. The Hall–Kier alpha value is -3.57. The Morgan fingerprint density at radius 2 is 1.73 bits per heavy atom. The summed E-state index contributed by atoms with van der Waals surface area (Å²) < 4.78 is 1.66. The van der Waals surface area contributed by atoms with Gasteiger partial charge in [0.2, 0.25) is 5.78 Å². The molecule has 0 saturated heterocycles. The summed E-state index contributed by atoms with van der Waals surface area (Å²) in [6.45, 7) is 3.84. The quantitative estimate of drug-likeness (QED) is 0.444. The molecule has 0 bridgehead atoms. The molecule has 150 valence electrons. The second-order valence-electron chi connectivity index (χ2n) is 7.21. The van der Waals surface area contributed by atoms with Gasteiger partial charge in [0.05, 0.1) is 16.8 Å². The Labute approximate surface area is 179 Å². The highest BCUT2D eigenvalue weighted by Gasteiger charge is 2.26. The number of benzene rings is 2. The van der Waals surface area contributed by atoms with E-state index in [1.54, 1.807) is 53.1 Å². The van der Waals surface area contributed by atoms with Crippen LogP contribution < -0.4 is 11.1 Å². The Bertz CT molecular complexity index is 1290. The molecule has 2 heterocycles. The number of nitrogens with zero attached hydrogens (tertiary/aromatic N) is 1. The fraction of sp³-hybridized carbons (Fsp3) is 0.0833. The van der Waals surface area contributed by atoms with Gasteiger partial charge in [0.25, 0.3) is 5.91 Å². The number of carbonyl (C=O) groups excluding carboxylic acids is 2. The van der Waals surface area contributed by atoms with Crippen LogP contribution in [0.25, 0.3) is 5.52 Å². The zero-order chi connectivity index (χ0) is 21.4. The monoisotopic (exact) mass is 417 g/mol. The molecule has 0 spiro atoms. The van der Waals surface area contributed by atoms with Crippen molar-refractivity contribution in [2.24, 2.45) is 0 Å². The number of ketones is 1. The van der Waals surface area contributed by atoms with Gasteiger partial charge in [-0.05, 0) is 43.7 Å². The molecule has 30 heavy (non-hydrogen) atoms. The van der Waals surface area contributed by atoms with Crippen LogP contribution in [-0.2, 0) is 0 Å². The van der Waals surface area contributed by atoms with Crippen LogP contribution in [-0.4, -0.2) is 16.1 Å². The summed E-state index contributed by atoms with van der Waals surface area (Å²) >= 11 is 6.17. The smallest absolute Gasteiger partial charge is 0.259 e. The number of aromatic nitrogens is 1. The largest absolute Gasteiger partial charge is 0.396 e. The van der Waals surface area contributed by atoms with Gasteiger partial charge in [0.1, 0.15) is 5.69 Å². The third-order valence-electron chi connectivity index (χ3n) is 5.07. The maximum absolute atomic E-state index is 13.2. The van der Waals surface area contributed by atoms with Gasteiger partial charge in [-0.15, -0.1) is 0 Å². The lowest BCUT2D eigenvalue weighted by molar-refractivity contribution is 0.102. The minimum atomic E-state index is -0.404. The molecule has 0 atom stereocenters. The van der Waals surface area contributed by atoms with Gasteiger partial charge in [-0.2, -0.15) is 0 Å². The lowest BCUT2D eigenvalue weighted by Crippen LogP contribution is -2.14. The van der Waals surface area contributed by atoms with Crippen LogP contribution >= 0.6 is 11.6 Å². The lowest BCUT2D eigenvalue weighted by Gasteiger charge is -2.07. The molecule has 0 radical (unpaired) electrons. The van der Waals surface area contributed by atoms with Gasteiger partial charge in [-0.1, -0.05) is 53.6 Å². The molecule has 4 rings (SSSR count). The maximum Gasteiger partial charge on any atom is 0.259 e. The van der Waals surface area contributed by atoms with Crippen LogP contribution in [0, 0.1) is 13.8 Å². The van der Waals surface area contributed by atoms with E-state index in [4.69, 9.17) is 17.3 Å². The molecular weight excluding hydrogens is 398 g/mol. The first kappa shape index (κ1) is 19.7. The first-order chi connectivity index (χ1) is 14.4. The maximum atomic E-state index is 13.2. The Balaban J connectivity index is 1.80. The predicted octanol–water partition coefficient (Wildman–Crippen LogP) is 5.28. The zero-order valence-corrected chi connectivity index (χ0v) is 17.3. The third-order valence-corrected chi connectivity index (χ3v) is 5.47. The summed E-state index contributed by atoms with van der Waals surface area (Å²) in [5.74, 6) is -0.648. The van der Waals surface area contributed by atoms with Gasteiger partial charge in [-0.3, -0.25) is 9.59 Å². The van der Waals surface area contributed by atoms with Crippen molar-refractivity contribution >= 4 is 40.2 Å². The summed E-state index contributed by atoms with van der Waals surface area (Å²) in [4.78, 5) is 26.3. The molecule has 0 unspecified atom stereocenters. The molecule has 0 aliphatic rings. The summed E-state index contributed by atoms with van der Waals surface area (Å²) in [5, 5.41) is 3.38. The predicted molar refractivity (Wildman–Crippen MR) is 121 cm³/mol. The number of hydrogen-bond acceptors (Lipinski definition) is 3. The van der Waals surface area contributed by atoms with E-state index in [1.807, 2.05) is 32.0 Å². The van der Waals surface area contributed by atoms with Crippen molar-refractivity contribution in [3.63, 3.8) is 0 Å². The van der Waals surface area contributed by atoms with Crippen LogP contribution in [0.3, 0.4) is 0 Å². The summed E-state index contributed by atoms with van der Waals surface area (Å²) in [7, 11) is 0. The molecule has 6 heteroatoms. The highest BCUT2D eigenvalue weighted by molar-refractivity contribution is 6.31. The molecule has 0 aliphatic heterocycles. The Morgan fingerprint density at radius 1 is 1.00 bits per heavy atom. The number of anilines is 2. The second kappa shape index (κ2) is 7.69. The minimum absolute atomic E-state index is 0.141. The SMILES string of the molecule is Cc1ccc(C(=O)c2c(N)c(C(=O)Nc3ccc(C)c(Cl)c3)c3ccccn23)cc1.